The predicted octanol–water partition coefficient (Wildman–Crippen LogP) is 4.48. The molecule has 0 amide bonds. The maximum Gasteiger partial charge on any atom is 0.193 e. The molecule has 1 atom stereocenters. The van der Waals surface area contributed by atoms with Crippen molar-refractivity contribution in [1.29, 1.82) is 0 Å². The largest absolute Gasteiger partial charge is 0.448 e. The highest BCUT2D eigenvalue weighted by Gasteiger charge is 2.16. The molecular weight excluding hydrogens is 269 g/mol. The third-order valence-corrected chi connectivity index (χ3v) is 3.34. The van der Waals surface area contributed by atoms with Crippen LogP contribution in [-0.2, 0) is 6.42 Å². The second-order valence-electron chi connectivity index (χ2n) is 4.05. The SMILES string of the molecule is CCNC(Cc1ccccc1Cl)c1ccc(Cl)o1. The van der Waals surface area contributed by atoms with Gasteiger partial charge in [-0.05, 0) is 48.3 Å². The Bertz CT molecular complexity index is 510. The van der Waals surface area contributed by atoms with Crippen molar-refractivity contribution in [1.82, 2.24) is 5.32 Å². The zero-order valence-electron chi connectivity index (χ0n) is 10.1. The van der Waals surface area contributed by atoms with E-state index in [1.54, 1.807) is 6.07 Å². The summed E-state index contributed by atoms with van der Waals surface area (Å²) >= 11 is 12.0. The molecular formula is C14H15Cl2NO. The highest BCUT2D eigenvalue weighted by molar-refractivity contribution is 6.31. The van der Waals surface area contributed by atoms with Gasteiger partial charge >= 0.3 is 0 Å². The van der Waals surface area contributed by atoms with Crippen LogP contribution in [0.2, 0.25) is 10.2 Å². The molecule has 0 fully saturated rings. The van der Waals surface area contributed by atoms with Gasteiger partial charge in [0, 0.05) is 5.02 Å². The lowest BCUT2D eigenvalue weighted by molar-refractivity contribution is 0.417. The van der Waals surface area contributed by atoms with E-state index in [0.717, 1.165) is 29.3 Å². The second kappa shape index (κ2) is 6.28. The molecule has 2 rings (SSSR count). The molecule has 0 saturated heterocycles. The molecule has 1 heterocycles. The average molecular weight is 284 g/mol. The smallest absolute Gasteiger partial charge is 0.193 e. The number of rotatable bonds is 5. The van der Waals surface area contributed by atoms with E-state index in [-0.39, 0.29) is 6.04 Å². The van der Waals surface area contributed by atoms with Gasteiger partial charge in [-0.1, -0.05) is 36.7 Å². The lowest BCUT2D eigenvalue weighted by Crippen LogP contribution is -2.22. The molecule has 1 unspecified atom stereocenters. The molecule has 0 bridgehead atoms. The zero-order chi connectivity index (χ0) is 13.0. The molecule has 1 aromatic heterocycles. The van der Waals surface area contributed by atoms with Crippen molar-refractivity contribution in [2.45, 2.75) is 19.4 Å². The highest BCUT2D eigenvalue weighted by Crippen LogP contribution is 2.26. The molecule has 1 N–H and O–H groups in total. The summed E-state index contributed by atoms with van der Waals surface area (Å²) in [5.41, 5.74) is 1.10. The standard InChI is InChI=1S/C14H15Cl2NO/c1-2-17-12(13-7-8-14(16)18-13)9-10-5-3-4-6-11(10)15/h3-8,12,17H,2,9H2,1H3. The summed E-state index contributed by atoms with van der Waals surface area (Å²) < 4.78 is 5.47. The minimum absolute atomic E-state index is 0.0856. The van der Waals surface area contributed by atoms with Gasteiger partial charge in [0.05, 0.1) is 6.04 Å². The Labute approximate surface area is 117 Å². The Balaban J connectivity index is 2.19. The summed E-state index contributed by atoms with van der Waals surface area (Å²) in [7, 11) is 0. The third kappa shape index (κ3) is 3.29. The second-order valence-corrected chi connectivity index (χ2v) is 4.83. The van der Waals surface area contributed by atoms with Crippen LogP contribution in [0.4, 0.5) is 0 Å². The summed E-state index contributed by atoms with van der Waals surface area (Å²) in [6.45, 7) is 2.91. The molecule has 4 heteroatoms. The average Bonchev–Trinajstić information content (AvgIpc) is 2.78. The van der Waals surface area contributed by atoms with E-state index >= 15 is 0 Å². The van der Waals surface area contributed by atoms with Crippen molar-refractivity contribution >= 4 is 23.2 Å². The van der Waals surface area contributed by atoms with E-state index in [4.69, 9.17) is 27.6 Å². The maximum atomic E-state index is 6.18. The van der Waals surface area contributed by atoms with Crippen LogP contribution in [0, 0.1) is 0 Å². The fraction of sp³-hybridized carbons (Fsp3) is 0.286. The van der Waals surface area contributed by atoms with Gasteiger partial charge in [0.15, 0.2) is 5.22 Å². The summed E-state index contributed by atoms with van der Waals surface area (Å²) in [5, 5.41) is 4.56. The van der Waals surface area contributed by atoms with E-state index in [0.29, 0.717) is 5.22 Å². The lowest BCUT2D eigenvalue weighted by Gasteiger charge is -2.16. The summed E-state index contributed by atoms with van der Waals surface area (Å²) in [6, 6.07) is 11.6. The van der Waals surface area contributed by atoms with Crippen LogP contribution in [0.15, 0.2) is 40.8 Å². The number of hydrogen-bond acceptors (Lipinski definition) is 2. The number of furan rings is 1. The summed E-state index contributed by atoms with van der Waals surface area (Å²) in [4.78, 5) is 0. The Morgan fingerprint density at radius 1 is 1.17 bits per heavy atom. The minimum Gasteiger partial charge on any atom is -0.448 e. The van der Waals surface area contributed by atoms with Crippen LogP contribution in [0.5, 0.6) is 0 Å². The number of benzene rings is 1. The molecule has 0 aliphatic heterocycles. The Morgan fingerprint density at radius 3 is 2.56 bits per heavy atom. The van der Waals surface area contributed by atoms with Crippen LogP contribution < -0.4 is 5.32 Å². The fourth-order valence-corrected chi connectivity index (χ4v) is 2.28. The quantitative estimate of drug-likeness (QED) is 0.875. The number of halogens is 2. The van der Waals surface area contributed by atoms with Crippen molar-refractivity contribution in [2.24, 2.45) is 0 Å². The topological polar surface area (TPSA) is 25.2 Å². The number of hydrogen-bond donors (Lipinski definition) is 1. The van der Waals surface area contributed by atoms with Gasteiger partial charge in [-0.25, -0.2) is 0 Å². The van der Waals surface area contributed by atoms with Gasteiger partial charge in [0.1, 0.15) is 5.76 Å². The Morgan fingerprint density at radius 2 is 1.94 bits per heavy atom. The molecule has 96 valence electrons. The van der Waals surface area contributed by atoms with E-state index in [1.165, 1.54) is 0 Å². The first-order valence-electron chi connectivity index (χ1n) is 5.92. The van der Waals surface area contributed by atoms with Crippen LogP contribution in [-0.4, -0.2) is 6.54 Å². The molecule has 2 nitrogen and oxygen atoms in total. The molecule has 2 aromatic rings. The molecule has 0 aliphatic carbocycles. The van der Waals surface area contributed by atoms with Crippen LogP contribution in [0.25, 0.3) is 0 Å². The number of likely N-dealkylation sites (N-methyl/N-ethyl adjacent to an activating group) is 1. The minimum atomic E-state index is 0.0856. The van der Waals surface area contributed by atoms with Crippen molar-refractivity contribution in [2.75, 3.05) is 6.54 Å². The Hall–Kier alpha value is -0.960. The van der Waals surface area contributed by atoms with Crippen LogP contribution in [0.1, 0.15) is 24.3 Å². The van der Waals surface area contributed by atoms with Gasteiger partial charge in [-0.15, -0.1) is 0 Å². The third-order valence-electron chi connectivity index (χ3n) is 2.77. The highest BCUT2D eigenvalue weighted by atomic mass is 35.5. The summed E-state index contributed by atoms with van der Waals surface area (Å²) in [5.74, 6) is 0.835. The van der Waals surface area contributed by atoms with Crippen molar-refractivity contribution < 1.29 is 4.42 Å². The monoisotopic (exact) mass is 283 g/mol. The first kappa shape index (κ1) is 13.5. The molecule has 0 spiro atoms. The lowest BCUT2D eigenvalue weighted by atomic mass is 10.0. The van der Waals surface area contributed by atoms with E-state index in [2.05, 4.69) is 12.2 Å². The van der Waals surface area contributed by atoms with Crippen molar-refractivity contribution in [3.63, 3.8) is 0 Å². The van der Waals surface area contributed by atoms with E-state index < -0.39 is 0 Å². The van der Waals surface area contributed by atoms with Gasteiger partial charge in [0.2, 0.25) is 0 Å². The molecule has 1 aromatic carbocycles. The fourth-order valence-electron chi connectivity index (χ4n) is 1.92. The van der Waals surface area contributed by atoms with Crippen molar-refractivity contribution in [3.8, 4) is 0 Å². The van der Waals surface area contributed by atoms with Crippen LogP contribution >= 0.6 is 23.2 Å². The van der Waals surface area contributed by atoms with E-state index in [1.807, 2.05) is 30.3 Å². The molecule has 0 radical (unpaired) electrons. The molecule has 0 saturated carbocycles. The van der Waals surface area contributed by atoms with E-state index in [9.17, 15) is 0 Å². The predicted molar refractivity (Wildman–Crippen MR) is 75.3 cm³/mol. The van der Waals surface area contributed by atoms with Crippen molar-refractivity contribution in [3.05, 3.63) is 58.0 Å². The van der Waals surface area contributed by atoms with Crippen LogP contribution in [0.3, 0.4) is 0 Å². The Kier molecular flexibility index (Phi) is 4.70. The summed E-state index contributed by atoms with van der Waals surface area (Å²) in [6.07, 6.45) is 0.775. The first-order chi connectivity index (χ1) is 8.70. The van der Waals surface area contributed by atoms with Gasteiger partial charge in [-0.3, -0.25) is 0 Å². The van der Waals surface area contributed by atoms with Gasteiger partial charge in [-0.2, -0.15) is 0 Å². The first-order valence-corrected chi connectivity index (χ1v) is 6.68. The normalized spacial score (nSPS) is 12.6. The zero-order valence-corrected chi connectivity index (χ0v) is 11.6. The molecule has 0 aliphatic rings. The number of nitrogens with one attached hydrogen (secondary N) is 1. The van der Waals surface area contributed by atoms with Gasteiger partial charge < -0.3 is 9.73 Å². The molecule has 18 heavy (non-hydrogen) atoms. The van der Waals surface area contributed by atoms with Gasteiger partial charge in [0.25, 0.3) is 0 Å². The maximum absolute atomic E-state index is 6.18.